The molecule has 0 fully saturated rings. The third-order valence-electron chi connectivity index (χ3n) is 1.81. The van der Waals surface area contributed by atoms with Gasteiger partial charge in [0.25, 0.3) is 0 Å². The molecule has 2 N–H and O–H groups in total. The molecule has 0 unspecified atom stereocenters. The normalized spacial score (nSPS) is 10.8. The van der Waals surface area contributed by atoms with E-state index in [4.69, 9.17) is 10.1 Å². The molecule has 0 spiro atoms. The molecule has 8 nitrogen and oxygen atoms in total. The summed E-state index contributed by atoms with van der Waals surface area (Å²) in [6.07, 6.45) is 4.76. The number of hydrogen-bond donors (Lipinski definition) is 2. The van der Waals surface area contributed by atoms with E-state index in [0.717, 1.165) is 6.20 Å². The second-order valence-electron chi connectivity index (χ2n) is 2.86. The third kappa shape index (κ3) is 3.52. The quantitative estimate of drug-likeness (QED) is 0.419. The summed E-state index contributed by atoms with van der Waals surface area (Å²) in [5, 5.41) is 19.9. The van der Waals surface area contributed by atoms with E-state index in [1.807, 2.05) is 0 Å². The Kier molecular flexibility index (Phi) is 4.55. The highest BCUT2D eigenvalue weighted by atomic mass is 16.6. The maximum atomic E-state index is 10.4. The number of nitro groups is 1. The molecule has 0 radical (unpaired) electrons. The largest absolute Gasteiger partial charge is 0.480 e. The Bertz CT molecular complexity index is 446. The molecule has 1 heterocycles. The summed E-state index contributed by atoms with van der Waals surface area (Å²) in [4.78, 5) is 17.7. The number of rotatable bonds is 6. The van der Waals surface area contributed by atoms with Crippen LogP contribution in [0, 0.1) is 15.5 Å². The topological polar surface area (TPSA) is 114 Å². The molecule has 0 saturated heterocycles. The number of nitrogens with zero attached hydrogens (tertiary/aromatic N) is 3. The molecule has 0 aromatic carbocycles. The van der Waals surface area contributed by atoms with E-state index < -0.39 is 4.92 Å². The summed E-state index contributed by atoms with van der Waals surface area (Å²) < 4.78 is 4.96. The molecule has 0 amide bonds. The van der Waals surface area contributed by atoms with Gasteiger partial charge in [0, 0.05) is 12.4 Å². The van der Waals surface area contributed by atoms with Crippen LogP contribution < -0.4 is 10.1 Å². The molecule has 0 bridgehead atoms. The molecular formula is C9H11N5O3. The summed E-state index contributed by atoms with van der Waals surface area (Å²) in [6.45, 7) is 0.224. The predicted octanol–water partition coefficient (Wildman–Crippen LogP) is 0.342. The van der Waals surface area contributed by atoms with Gasteiger partial charge in [0.15, 0.2) is 0 Å². The molecule has 90 valence electrons. The van der Waals surface area contributed by atoms with Crippen molar-refractivity contribution in [2.45, 2.75) is 6.54 Å². The SMILES string of the molecule is COc1nccnc1CN/C=C(\C=N)[N+](=O)[O-]. The predicted molar refractivity (Wildman–Crippen MR) is 59.3 cm³/mol. The van der Waals surface area contributed by atoms with Gasteiger partial charge in [-0.05, 0) is 0 Å². The van der Waals surface area contributed by atoms with E-state index in [1.165, 1.54) is 19.5 Å². The van der Waals surface area contributed by atoms with Crippen molar-refractivity contribution in [3.63, 3.8) is 0 Å². The number of hydrogen-bond acceptors (Lipinski definition) is 7. The average molecular weight is 237 g/mol. The van der Waals surface area contributed by atoms with Crippen LogP contribution in [-0.4, -0.2) is 28.2 Å². The van der Waals surface area contributed by atoms with Crippen molar-refractivity contribution >= 4 is 6.21 Å². The summed E-state index contributed by atoms with van der Waals surface area (Å²) in [7, 11) is 1.46. The maximum absolute atomic E-state index is 10.4. The Labute approximate surface area is 97.0 Å². The second kappa shape index (κ2) is 6.16. The van der Waals surface area contributed by atoms with Crippen LogP contribution >= 0.6 is 0 Å². The van der Waals surface area contributed by atoms with Gasteiger partial charge in [0.2, 0.25) is 5.88 Å². The van der Waals surface area contributed by atoms with Gasteiger partial charge in [-0.3, -0.25) is 15.1 Å². The minimum absolute atomic E-state index is 0.224. The van der Waals surface area contributed by atoms with Gasteiger partial charge >= 0.3 is 5.70 Å². The van der Waals surface area contributed by atoms with E-state index >= 15 is 0 Å². The van der Waals surface area contributed by atoms with Crippen LogP contribution in [0.4, 0.5) is 0 Å². The Balaban J connectivity index is 2.67. The van der Waals surface area contributed by atoms with E-state index in [2.05, 4.69) is 15.3 Å². The van der Waals surface area contributed by atoms with Crippen molar-refractivity contribution in [3.8, 4) is 5.88 Å². The number of aromatic nitrogens is 2. The first kappa shape index (κ1) is 12.6. The fourth-order valence-corrected chi connectivity index (χ4v) is 1.05. The highest BCUT2D eigenvalue weighted by molar-refractivity contribution is 5.71. The Morgan fingerprint density at radius 1 is 1.65 bits per heavy atom. The van der Waals surface area contributed by atoms with Gasteiger partial charge in [-0.25, -0.2) is 4.98 Å². The van der Waals surface area contributed by atoms with Crippen LogP contribution in [0.3, 0.4) is 0 Å². The third-order valence-corrected chi connectivity index (χ3v) is 1.81. The van der Waals surface area contributed by atoms with Crippen LogP contribution in [-0.2, 0) is 6.54 Å². The maximum Gasteiger partial charge on any atom is 0.302 e. The minimum Gasteiger partial charge on any atom is -0.480 e. The van der Waals surface area contributed by atoms with Crippen molar-refractivity contribution < 1.29 is 9.66 Å². The molecule has 0 aliphatic heterocycles. The lowest BCUT2D eigenvalue weighted by atomic mass is 10.4. The minimum atomic E-state index is -0.659. The van der Waals surface area contributed by atoms with Crippen molar-refractivity contribution in [1.29, 1.82) is 5.41 Å². The molecule has 0 aliphatic carbocycles. The van der Waals surface area contributed by atoms with Crippen molar-refractivity contribution in [3.05, 3.63) is 40.1 Å². The zero-order chi connectivity index (χ0) is 12.7. The molecule has 1 rings (SSSR count). The average Bonchev–Trinajstić information content (AvgIpc) is 2.34. The fourth-order valence-electron chi connectivity index (χ4n) is 1.05. The lowest BCUT2D eigenvalue weighted by Gasteiger charge is -2.04. The van der Waals surface area contributed by atoms with Gasteiger partial charge in [0.05, 0.1) is 31.0 Å². The molecule has 1 aromatic heterocycles. The highest BCUT2D eigenvalue weighted by Gasteiger charge is 2.07. The second-order valence-corrected chi connectivity index (χ2v) is 2.86. The van der Waals surface area contributed by atoms with Gasteiger partial charge in [-0.1, -0.05) is 0 Å². The van der Waals surface area contributed by atoms with E-state index in [1.54, 1.807) is 0 Å². The number of allylic oxidation sites excluding steroid dienone is 1. The Hall–Kier alpha value is -2.51. The summed E-state index contributed by atoms with van der Waals surface area (Å²) in [6, 6.07) is 0. The summed E-state index contributed by atoms with van der Waals surface area (Å²) >= 11 is 0. The van der Waals surface area contributed by atoms with Crippen molar-refractivity contribution in [2.75, 3.05) is 7.11 Å². The van der Waals surface area contributed by atoms with E-state index in [0.29, 0.717) is 17.8 Å². The van der Waals surface area contributed by atoms with E-state index in [9.17, 15) is 10.1 Å². The van der Waals surface area contributed by atoms with Crippen LogP contribution in [0.2, 0.25) is 0 Å². The Morgan fingerprint density at radius 3 is 2.94 bits per heavy atom. The molecule has 0 aliphatic rings. The first-order valence-electron chi connectivity index (χ1n) is 4.61. The molecular weight excluding hydrogens is 226 g/mol. The van der Waals surface area contributed by atoms with Gasteiger partial charge < -0.3 is 15.5 Å². The number of ether oxygens (including phenoxy) is 1. The fraction of sp³-hybridized carbons (Fsp3) is 0.222. The monoisotopic (exact) mass is 237 g/mol. The molecule has 0 atom stereocenters. The standard InChI is InChI=1S/C9H11N5O3/c1-17-9-8(12-2-3-13-9)6-11-5-7(4-10)14(15)16/h2-5,10-11H,6H2,1H3/b7-5+,10-4?. The highest BCUT2D eigenvalue weighted by Crippen LogP contribution is 2.09. The lowest BCUT2D eigenvalue weighted by Crippen LogP contribution is -2.12. The zero-order valence-corrected chi connectivity index (χ0v) is 9.08. The Morgan fingerprint density at radius 2 is 2.35 bits per heavy atom. The number of methoxy groups -OCH3 is 1. The van der Waals surface area contributed by atoms with Gasteiger partial charge in [0.1, 0.15) is 5.69 Å². The molecule has 17 heavy (non-hydrogen) atoms. The number of nitrogens with one attached hydrogen (secondary N) is 2. The van der Waals surface area contributed by atoms with Crippen molar-refractivity contribution in [2.24, 2.45) is 0 Å². The summed E-state index contributed by atoms with van der Waals surface area (Å²) in [5.74, 6) is 0.353. The summed E-state index contributed by atoms with van der Waals surface area (Å²) in [5.41, 5.74) is 0.187. The molecule has 8 heteroatoms. The van der Waals surface area contributed by atoms with Crippen molar-refractivity contribution in [1.82, 2.24) is 15.3 Å². The first-order chi connectivity index (χ1) is 8.19. The van der Waals surface area contributed by atoms with Gasteiger partial charge in [-0.15, -0.1) is 0 Å². The van der Waals surface area contributed by atoms with Gasteiger partial charge in [-0.2, -0.15) is 0 Å². The van der Waals surface area contributed by atoms with E-state index in [-0.39, 0.29) is 12.2 Å². The van der Waals surface area contributed by atoms with Crippen LogP contribution in [0.15, 0.2) is 24.3 Å². The molecule has 1 aromatic rings. The lowest BCUT2D eigenvalue weighted by molar-refractivity contribution is -0.414. The smallest absolute Gasteiger partial charge is 0.302 e. The van der Waals surface area contributed by atoms with Crippen LogP contribution in [0.1, 0.15) is 5.69 Å². The van der Waals surface area contributed by atoms with Crippen LogP contribution in [0.25, 0.3) is 0 Å². The van der Waals surface area contributed by atoms with Crippen LogP contribution in [0.5, 0.6) is 5.88 Å². The first-order valence-corrected chi connectivity index (χ1v) is 4.61. The zero-order valence-electron chi connectivity index (χ0n) is 9.08. The molecule has 0 saturated carbocycles.